The lowest BCUT2D eigenvalue weighted by atomic mass is 10.2. The maximum atomic E-state index is 9.97. The molecule has 52 valence electrons. The summed E-state index contributed by atoms with van der Waals surface area (Å²) in [5, 5.41) is 2.57. The maximum Gasteiger partial charge on any atom is 0.211 e. The summed E-state index contributed by atoms with van der Waals surface area (Å²) in [5.41, 5.74) is 1.99. The van der Waals surface area contributed by atoms with Crippen molar-refractivity contribution in [2.75, 3.05) is 5.32 Å². The van der Waals surface area contributed by atoms with E-state index >= 15 is 0 Å². The zero-order valence-corrected chi connectivity index (χ0v) is 5.79. The molecule has 0 heterocycles. The molecule has 0 saturated heterocycles. The van der Waals surface area contributed by atoms with E-state index in [1.807, 2.05) is 31.2 Å². The van der Waals surface area contributed by atoms with Gasteiger partial charge in [0.1, 0.15) is 0 Å². The van der Waals surface area contributed by atoms with Crippen LogP contribution in [0.2, 0.25) is 0 Å². The minimum absolute atomic E-state index is 0.675. The fourth-order valence-electron chi connectivity index (χ4n) is 0.803. The van der Waals surface area contributed by atoms with Gasteiger partial charge in [-0.15, -0.1) is 0 Å². The van der Waals surface area contributed by atoms with Crippen molar-refractivity contribution in [2.24, 2.45) is 0 Å². The summed E-state index contributed by atoms with van der Waals surface area (Å²) in [7, 11) is 0. The van der Waals surface area contributed by atoms with Gasteiger partial charge < -0.3 is 5.32 Å². The summed E-state index contributed by atoms with van der Waals surface area (Å²) in [6.07, 6.45) is 0.675. The van der Waals surface area contributed by atoms with Crippen LogP contribution in [0.15, 0.2) is 24.3 Å². The van der Waals surface area contributed by atoms with Gasteiger partial charge in [0.2, 0.25) is 6.41 Å². The summed E-state index contributed by atoms with van der Waals surface area (Å²) in [5.74, 6) is 0. The van der Waals surface area contributed by atoms with E-state index in [0.717, 1.165) is 11.3 Å². The van der Waals surface area contributed by atoms with E-state index in [-0.39, 0.29) is 0 Å². The van der Waals surface area contributed by atoms with Crippen LogP contribution in [0.5, 0.6) is 0 Å². The molecule has 0 bridgehead atoms. The molecule has 0 aromatic heterocycles. The Balaban J connectivity index is 2.84. The van der Waals surface area contributed by atoms with Crippen LogP contribution < -0.4 is 5.32 Å². The van der Waals surface area contributed by atoms with Gasteiger partial charge in [0.15, 0.2) is 0 Å². The molecule has 2 nitrogen and oxygen atoms in total. The first kappa shape index (κ1) is 6.81. The molecule has 0 aliphatic rings. The van der Waals surface area contributed by atoms with Gasteiger partial charge in [-0.05, 0) is 24.6 Å². The third-order valence-corrected chi connectivity index (χ3v) is 1.24. The number of amides is 1. The first-order chi connectivity index (χ1) is 4.83. The van der Waals surface area contributed by atoms with Gasteiger partial charge in [-0.1, -0.05) is 12.1 Å². The van der Waals surface area contributed by atoms with Crippen molar-refractivity contribution in [1.82, 2.24) is 0 Å². The van der Waals surface area contributed by atoms with E-state index in [0.29, 0.717) is 6.41 Å². The molecule has 0 saturated carbocycles. The van der Waals surface area contributed by atoms with Crippen LogP contribution in [0, 0.1) is 6.92 Å². The number of aryl methyl sites for hydroxylation is 1. The molecular weight excluding hydrogens is 126 g/mol. The lowest BCUT2D eigenvalue weighted by Gasteiger charge is -1.97. The van der Waals surface area contributed by atoms with Crippen molar-refractivity contribution in [3.8, 4) is 0 Å². The predicted molar refractivity (Wildman–Crippen MR) is 40.9 cm³/mol. The van der Waals surface area contributed by atoms with Crippen LogP contribution in [0.25, 0.3) is 0 Å². The van der Waals surface area contributed by atoms with Crippen molar-refractivity contribution in [3.05, 3.63) is 29.8 Å². The van der Waals surface area contributed by atoms with Crippen molar-refractivity contribution in [2.45, 2.75) is 6.92 Å². The third kappa shape index (κ3) is 1.58. The Kier molecular flexibility index (Phi) is 2.05. The minimum atomic E-state index is 0.675. The summed E-state index contributed by atoms with van der Waals surface area (Å²) in [4.78, 5) is 9.97. The van der Waals surface area contributed by atoms with Gasteiger partial charge >= 0.3 is 0 Å². The Hall–Kier alpha value is -1.31. The van der Waals surface area contributed by atoms with Crippen molar-refractivity contribution >= 4 is 12.1 Å². The van der Waals surface area contributed by atoms with E-state index < -0.39 is 0 Å². The standard InChI is InChI=1S/C8H9NO/c1-7-3-2-4-8(5-7)9-6-10/h2-6H,1H3,(H,9,10). The number of hydrogen-bond donors (Lipinski definition) is 1. The van der Waals surface area contributed by atoms with Gasteiger partial charge in [0, 0.05) is 5.69 Å². The maximum absolute atomic E-state index is 9.97. The number of benzene rings is 1. The molecule has 0 aliphatic heterocycles. The van der Waals surface area contributed by atoms with Crippen LogP contribution in [0.1, 0.15) is 5.56 Å². The largest absolute Gasteiger partial charge is 0.329 e. The normalized spacial score (nSPS) is 8.90. The molecule has 1 aromatic rings. The monoisotopic (exact) mass is 135 g/mol. The first-order valence-electron chi connectivity index (χ1n) is 3.10. The third-order valence-electron chi connectivity index (χ3n) is 1.24. The van der Waals surface area contributed by atoms with Crippen LogP contribution >= 0.6 is 0 Å². The molecular formula is C8H9NO. The van der Waals surface area contributed by atoms with Crippen molar-refractivity contribution in [1.29, 1.82) is 0 Å². The predicted octanol–water partition coefficient (Wildman–Crippen LogP) is 1.56. The second-order valence-electron chi connectivity index (χ2n) is 2.13. The summed E-state index contributed by atoms with van der Waals surface area (Å²) in [6, 6.07) is 7.65. The van der Waals surface area contributed by atoms with Crippen molar-refractivity contribution in [3.63, 3.8) is 0 Å². The Morgan fingerprint density at radius 2 is 2.30 bits per heavy atom. The highest BCUT2D eigenvalue weighted by Gasteiger charge is 1.87. The van der Waals surface area contributed by atoms with Gasteiger partial charge in [0.05, 0.1) is 0 Å². The summed E-state index contributed by atoms with van der Waals surface area (Å²) < 4.78 is 0. The zero-order valence-electron chi connectivity index (χ0n) is 5.79. The zero-order chi connectivity index (χ0) is 7.40. The quantitative estimate of drug-likeness (QED) is 0.612. The number of carbonyl (C=O) groups is 1. The highest BCUT2D eigenvalue weighted by molar-refractivity contribution is 5.71. The highest BCUT2D eigenvalue weighted by Crippen LogP contribution is 2.07. The van der Waals surface area contributed by atoms with Crippen LogP contribution in [0.3, 0.4) is 0 Å². The summed E-state index contributed by atoms with van der Waals surface area (Å²) >= 11 is 0. The molecule has 0 fully saturated rings. The Morgan fingerprint density at radius 3 is 2.90 bits per heavy atom. The van der Waals surface area contributed by atoms with E-state index in [4.69, 9.17) is 0 Å². The average Bonchev–Trinajstić information content (AvgIpc) is 1.88. The minimum Gasteiger partial charge on any atom is -0.329 e. The van der Waals surface area contributed by atoms with Crippen LogP contribution in [-0.2, 0) is 4.79 Å². The number of anilines is 1. The molecule has 0 atom stereocenters. The fraction of sp³-hybridized carbons (Fsp3) is 0.125. The van der Waals surface area contributed by atoms with E-state index in [2.05, 4.69) is 5.32 Å². The molecule has 0 radical (unpaired) electrons. The molecule has 1 rings (SSSR count). The topological polar surface area (TPSA) is 29.1 Å². The first-order valence-corrected chi connectivity index (χ1v) is 3.10. The summed E-state index contributed by atoms with van der Waals surface area (Å²) in [6.45, 7) is 1.98. The molecule has 1 N–H and O–H groups in total. The van der Waals surface area contributed by atoms with Crippen molar-refractivity contribution < 1.29 is 4.79 Å². The van der Waals surface area contributed by atoms with Gasteiger partial charge in [-0.2, -0.15) is 0 Å². The molecule has 2 heteroatoms. The van der Waals surface area contributed by atoms with E-state index in [9.17, 15) is 4.79 Å². The Morgan fingerprint density at radius 1 is 1.50 bits per heavy atom. The number of carbonyl (C=O) groups excluding carboxylic acids is 1. The Labute approximate surface area is 59.9 Å². The highest BCUT2D eigenvalue weighted by atomic mass is 16.1. The van der Waals surface area contributed by atoms with Crippen LogP contribution in [0.4, 0.5) is 5.69 Å². The molecule has 0 spiro atoms. The van der Waals surface area contributed by atoms with E-state index in [1.54, 1.807) is 0 Å². The van der Waals surface area contributed by atoms with E-state index in [1.165, 1.54) is 0 Å². The number of rotatable bonds is 2. The Bertz CT molecular complexity index is 232. The lowest BCUT2D eigenvalue weighted by Crippen LogP contribution is -1.92. The molecule has 1 amide bonds. The smallest absolute Gasteiger partial charge is 0.211 e. The van der Waals surface area contributed by atoms with Gasteiger partial charge in [-0.3, -0.25) is 4.79 Å². The second-order valence-corrected chi connectivity index (χ2v) is 2.13. The number of nitrogens with one attached hydrogen (secondary N) is 1. The molecule has 0 aliphatic carbocycles. The van der Waals surface area contributed by atoms with Gasteiger partial charge in [-0.25, -0.2) is 0 Å². The molecule has 1 aromatic carbocycles. The van der Waals surface area contributed by atoms with Gasteiger partial charge in [0.25, 0.3) is 0 Å². The average molecular weight is 135 g/mol. The second kappa shape index (κ2) is 3.01. The number of hydrogen-bond acceptors (Lipinski definition) is 1. The SMILES string of the molecule is Cc1cccc(NC=O)c1. The molecule has 10 heavy (non-hydrogen) atoms. The lowest BCUT2D eigenvalue weighted by molar-refractivity contribution is -0.105. The molecule has 0 unspecified atom stereocenters. The van der Waals surface area contributed by atoms with Crippen LogP contribution in [-0.4, -0.2) is 6.41 Å². The fourth-order valence-corrected chi connectivity index (χ4v) is 0.803.